The van der Waals surface area contributed by atoms with Gasteiger partial charge in [0.15, 0.2) is 6.29 Å². The number of unbranched alkanes of at least 4 members (excludes halogenated alkanes) is 28. The second kappa shape index (κ2) is 56.7. The summed E-state index contributed by atoms with van der Waals surface area (Å²) in [5, 5.41) is 8.91. The SMILES string of the molecule is C=C=CC(C)(C)CC(OCCCCCCCC/C=C\CCCCCCCC)OCCCCCCN(C)CCCCO.CCCCCCCC/C=C\CCCCCCCCOC.CS(C)(C)O. The lowest BCUT2D eigenvalue weighted by Crippen LogP contribution is -2.25. The number of aliphatic hydroxyl groups is 1. The highest BCUT2D eigenvalue weighted by Crippen LogP contribution is 2.27. The van der Waals surface area contributed by atoms with Gasteiger partial charge in [0.2, 0.25) is 0 Å². The lowest BCUT2D eigenvalue weighted by atomic mass is 9.89. The van der Waals surface area contributed by atoms with Gasteiger partial charge >= 0.3 is 0 Å². The first-order valence-corrected chi connectivity index (χ1v) is 30.8. The van der Waals surface area contributed by atoms with Gasteiger partial charge in [-0.25, -0.2) is 0 Å². The fourth-order valence-corrected chi connectivity index (χ4v) is 7.65. The molecule has 0 bridgehead atoms. The number of ether oxygens (including phenoxy) is 3. The van der Waals surface area contributed by atoms with Gasteiger partial charge in [-0.05, 0) is 140 Å². The molecule has 0 spiro atoms. The molecule has 0 amide bonds. The first-order valence-electron chi connectivity index (χ1n) is 28.0. The lowest BCUT2D eigenvalue weighted by Gasteiger charge is -2.27. The minimum atomic E-state index is -1.17. The van der Waals surface area contributed by atoms with Crippen LogP contribution in [0.5, 0.6) is 0 Å². The number of rotatable bonds is 48. The van der Waals surface area contributed by atoms with Crippen LogP contribution in [0.25, 0.3) is 0 Å². The van der Waals surface area contributed by atoms with E-state index in [2.05, 4.69) is 76.3 Å². The van der Waals surface area contributed by atoms with Gasteiger partial charge in [0.25, 0.3) is 0 Å². The van der Waals surface area contributed by atoms with E-state index < -0.39 is 10.3 Å². The van der Waals surface area contributed by atoms with Crippen LogP contribution in [-0.4, -0.2) is 93.3 Å². The van der Waals surface area contributed by atoms with Crippen molar-refractivity contribution in [2.24, 2.45) is 5.41 Å². The molecule has 0 rings (SSSR count). The van der Waals surface area contributed by atoms with Gasteiger partial charge in [0.05, 0.1) is 0 Å². The summed E-state index contributed by atoms with van der Waals surface area (Å²) in [5.41, 5.74) is 2.92. The summed E-state index contributed by atoms with van der Waals surface area (Å²) in [6, 6.07) is 0. The van der Waals surface area contributed by atoms with E-state index in [1.165, 1.54) is 193 Å². The van der Waals surface area contributed by atoms with Crippen molar-refractivity contribution in [3.63, 3.8) is 0 Å². The van der Waals surface area contributed by atoms with Gasteiger partial charge in [-0.3, -0.25) is 0 Å². The Kier molecular flexibility index (Phi) is 59.6. The summed E-state index contributed by atoms with van der Waals surface area (Å²) in [6.45, 7) is 17.7. The topological polar surface area (TPSA) is 71.4 Å². The zero-order valence-electron chi connectivity index (χ0n) is 46.1. The number of hydrogen-bond donors (Lipinski definition) is 2. The van der Waals surface area contributed by atoms with Crippen LogP contribution in [0.2, 0.25) is 0 Å². The zero-order valence-corrected chi connectivity index (χ0v) is 47.0. The first kappa shape index (κ1) is 69.4. The van der Waals surface area contributed by atoms with Crippen LogP contribution in [0, 0.1) is 5.41 Å². The normalized spacial score (nSPS) is 12.6. The Morgan fingerprint density at radius 2 is 0.848 bits per heavy atom. The molecular weight excluding hydrogens is 835 g/mol. The highest BCUT2D eigenvalue weighted by atomic mass is 32.3. The average molecular weight is 955 g/mol. The molecule has 0 heterocycles. The van der Waals surface area contributed by atoms with E-state index in [4.69, 9.17) is 23.9 Å². The van der Waals surface area contributed by atoms with Crippen molar-refractivity contribution in [1.29, 1.82) is 0 Å². The van der Waals surface area contributed by atoms with E-state index in [9.17, 15) is 0 Å². The molecule has 6 nitrogen and oxygen atoms in total. The van der Waals surface area contributed by atoms with E-state index >= 15 is 0 Å². The molecule has 7 heteroatoms. The van der Waals surface area contributed by atoms with Crippen LogP contribution in [0.1, 0.15) is 252 Å². The molecule has 0 aromatic rings. The van der Waals surface area contributed by atoms with Crippen molar-refractivity contribution in [3.8, 4) is 0 Å². The zero-order chi connectivity index (χ0) is 49.5. The predicted octanol–water partition coefficient (Wildman–Crippen LogP) is 18.2. The van der Waals surface area contributed by atoms with E-state index in [1.54, 1.807) is 7.11 Å². The average Bonchev–Trinajstić information content (AvgIpc) is 3.26. The molecule has 0 fully saturated rings. The maximum atomic E-state index is 8.91. The molecule has 1 unspecified atom stereocenters. The first-order chi connectivity index (χ1) is 31.9. The molecule has 66 heavy (non-hydrogen) atoms. The lowest BCUT2D eigenvalue weighted by molar-refractivity contribution is -0.156. The molecule has 0 aliphatic carbocycles. The number of nitrogens with zero attached hydrogens (tertiary/aromatic N) is 1. The van der Waals surface area contributed by atoms with Gasteiger partial charge in [0, 0.05) is 40.0 Å². The Bertz CT molecular complexity index is 1010. The second-order valence-electron chi connectivity index (χ2n) is 20.5. The third kappa shape index (κ3) is 69.7. The second-order valence-corrected chi connectivity index (χ2v) is 24.0. The third-order valence-corrected chi connectivity index (χ3v) is 11.7. The van der Waals surface area contributed by atoms with Gasteiger partial charge in [-0.1, -0.05) is 187 Å². The standard InChI is InChI=1S/C37H71NO3.C19H38O.C3H10OS/c1-6-8-9-10-11-12-13-14-15-16-17-18-19-20-22-27-33-40-36(35-37(3,4)29-7-2)41-34-28-23-21-24-30-38(5)31-25-26-32-39;1-3-4-5-6-7-8-9-10-11-12-13-14-15-16-17-18-19-20-2;1-5(2,3)4/h14-15,29,36,39H,2,6,8-13,16-28,30-35H2,1,3-5H3;10-11H,3-9,12-19H2,1-2H3;4H,1-3H3/b15-14-;11-10-;. The summed E-state index contributed by atoms with van der Waals surface area (Å²) < 4.78 is 26.1. The number of methoxy groups -OCH3 is 1. The highest BCUT2D eigenvalue weighted by molar-refractivity contribution is 8.27. The van der Waals surface area contributed by atoms with Crippen molar-refractivity contribution < 1.29 is 23.9 Å². The van der Waals surface area contributed by atoms with Crippen molar-refractivity contribution in [1.82, 2.24) is 4.90 Å². The number of hydrogen-bond acceptors (Lipinski definition) is 6. The molecular formula is C59H119NO5S. The minimum absolute atomic E-state index is 0.0316. The third-order valence-electron chi connectivity index (χ3n) is 11.7. The molecule has 0 aromatic carbocycles. The Morgan fingerprint density at radius 1 is 0.530 bits per heavy atom. The van der Waals surface area contributed by atoms with Gasteiger partial charge in [-0.15, -0.1) is 16.0 Å². The van der Waals surface area contributed by atoms with E-state index in [0.717, 1.165) is 65.0 Å². The summed E-state index contributed by atoms with van der Waals surface area (Å²) in [4.78, 5) is 2.38. The largest absolute Gasteiger partial charge is 0.396 e. The maximum Gasteiger partial charge on any atom is 0.158 e. The molecule has 2 N–H and O–H groups in total. The Labute approximate surface area is 416 Å². The number of aliphatic hydroxyl groups excluding tert-OH is 1. The Balaban J connectivity index is -0.00000131. The summed E-state index contributed by atoms with van der Waals surface area (Å²) >= 11 is 0. The van der Waals surface area contributed by atoms with Crippen LogP contribution in [0.3, 0.4) is 0 Å². The highest BCUT2D eigenvalue weighted by Gasteiger charge is 2.22. The monoisotopic (exact) mass is 954 g/mol. The minimum Gasteiger partial charge on any atom is -0.396 e. The number of allylic oxidation sites excluding steroid dienone is 5. The van der Waals surface area contributed by atoms with Crippen LogP contribution in [0.4, 0.5) is 0 Å². The Morgan fingerprint density at radius 3 is 1.20 bits per heavy atom. The van der Waals surface area contributed by atoms with E-state index in [1.807, 2.05) is 24.8 Å². The fraction of sp³-hybridized carbons (Fsp3) is 0.881. The van der Waals surface area contributed by atoms with Crippen LogP contribution >= 0.6 is 10.3 Å². The van der Waals surface area contributed by atoms with Gasteiger partial charge in [0.1, 0.15) is 0 Å². The van der Waals surface area contributed by atoms with Crippen LogP contribution in [0.15, 0.2) is 42.7 Å². The predicted molar refractivity (Wildman–Crippen MR) is 299 cm³/mol. The fourth-order valence-electron chi connectivity index (χ4n) is 7.65. The molecule has 1 atom stereocenters. The van der Waals surface area contributed by atoms with Crippen LogP contribution < -0.4 is 0 Å². The van der Waals surface area contributed by atoms with Crippen molar-refractivity contribution in [2.75, 3.05) is 72.4 Å². The van der Waals surface area contributed by atoms with Gasteiger partial charge < -0.3 is 28.8 Å². The molecule has 0 saturated heterocycles. The van der Waals surface area contributed by atoms with Crippen LogP contribution in [-0.2, 0) is 14.2 Å². The summed E-state index contributed by atoms with van der Waals surface area (Å²) in [6.07, 6.45) is 62.2. The molecule has 0 radical (unpaired) electrons. The van der Waals surface area contributed by atoms with Crippen molar-refractivity contribution in [2.45, 2.75) is 259 Å². The molecule has 0 aliphatic heterocycles. The van der Waals surface area contributed by atoms with Gasteiger partial charge in [-0.2, -0.15) is 0 Å². The van der Waals surface area contributed by atoms with E-state index in [0.29, 0.717) is 6.61 Å². The molecule has 0 saturated carbocycles. The quantitative estimate of drug-likeness (QED) is 0.0274. The Hall–Kier alpha value is -0.890. The van der Waals surface area contributed by atoms with Crippen molar-refractivity contribution >= 4 is 10.3 Å². The smallest absolute Gasteiger partial charge is 0.158 e. The molecule has 396 valence electrons. The summed E-state index contributed by atoms with van der Waals surface area (Å²) in [5.74, 6) is 0. The van der Waals surface area contributed by atoms with Crippen molar-refractivity contribution in [3.05, 3.63) is 42.7 Å². The molecule has 0 aromatic heterocycles. The molecule has 0 aliphatic rings. The van der Waals surface area contributed by atoms with E-state index in [-0.39, 0.29) is 11.7 Å². The summed E-state index contributed by atoms with van der Waals surface area (Å²) in [7, 11) is 2.80. The maximum absolute atomic E-state index is 8.91.